The van der Waals surface area contributed by atoms with Gasteiger partial charge in [-0.25, -0.2) is 9.37 Å². The maximum Gasteiger partial charge on any atom is 0.228 e. The maximum atomic E-state index is 13.3. The molecule has 3 rings (SSSR count). The highest BCUT2D eigenvalue weighted by Gasteiger charge is 2.17. The minimum atomic E-state index is -0.307. The van der Waals surface area contributed by atoms with Crippen LogP contribution in [0.4, 0.5) is 4.39 Å². The van der Waals surface area contributed by atoms with Gasteiger partial charge in [-0.1, -0.05) is 30.3 Å². The lowest BCUT2D eigenvalue weighted by Gasteiger charge is -2.16. The number of halogens is 1. The second kappa shape index (κ2) is 7.30. The third-order valence-corrected chi connectivity index (χ3v) is 3.97. The quantitative estimate of drug-likeness (QED) is 0.707. The number of nitrogens with zero attached hydrogens (tertiary/aromatic N) is 2. The highest BCUT2D eigenvalue weighted by molar-refractivity contribution is 5.78. The topological polar surface area (TPSA) is 46.3 Å². The number of hydrogen-bond donors (Lipinski definition) is 0. The summed E-state index contributed by atoms with van der Waals surface area (Å²) in [6, 6.07) is 15.8. The van der Waals surface area contributed by atoms with Crippen LogP contribution in [-0.2, 0) is 17.8 Å². The van der Waals surface area contributed by atoms with Gasteiger partial charge in [0.15, 0.2) is 0 Å². The average molecular weight is 338 g/mol. The van der Waals surface area contributed by atoms with Crippen molar-refractivity contribution in [3.8, 4) is 11.5 Å². The molecule has 1 amide bonds. The zero-order valence-corrected chi connectivity index (χ0v) is 14.2. The van der Waals surface area contributed by atoms with Gasteiger partial charge in [0.05, 0.1) is 12.1 Å². The van der Waals surface area contributed by atoms with Crippen molar-refractivity contribution in [3.63, 3.8) is 0 Å². The van der Waals surface area contributed by atoms with Crippen molar-refractivity contribution in [2.75, 3.05) is 7.05 Å². The SMILES string of the molecule is Cc1oc(-c2ccccc2)nc1CC(=O)N(C)Cc1cccc(F)c1. The number of likely N-dealkylation sites (N-methyl/N-ethyl adjacent to an activating group) is 1. The van der Waals surface area contributed by atoms with E-state index in [1.165, 1.54) is 12.1 Å². The van der Waals surface area contributed by atoms with E-state index in [0.29, 0.717) is 23.9 Å². The van der Waals surface area contributed by atoms with Gasteiger partial charge in [0, 0.05) is 19.2 Å². The molecule has 0 unspecified atom stereocenters. The fourth-order valence-electron chi connectivity index (χ4n) is 2.57. The summed E-state index contributed by atoms with van der Waals surface area (Å²) in [6.07, 6.45) is 0.147. The number of amides is 1. The Hall–Kier alpha value is -2.95. The molecule has 5 heteroatoms. The van der Waals surface area contributed by atoms with Crippen LogP contribution >= 0.6 is 0 Å². The molecule has 0 aliphatic carbocycles. The number of aromatic nitrogens is 1. The molecule has 0 N–H and O–H groups in total. The Labute approximate surface area is 145 Å². The third kappa shape index (κ3) is 4.12. The van der Waals surface area contributed by atoms with Gasteiger partial charge in [-0.3, -0.25) is 4.79 Å². The fraction of sp³-hybridized carbons (Fsp3) is 0.200. The zero-order chi connectivity index (χ0) is 17.8. The molecule has 128 valence electrons. The molecule has 0 saturated carbocycles. The Morgan fingerprint density at radius 3 is 2.64 bits per heavy atom. The molecule has 0 bridgehead atoms. The van der Waals surface area contributed by atoms with Crippen LogP contribution in [-0.4, -0.2) is 22.8 Å². The summed E-state index contributed by atoms with van der Waals surface area (Å²) in [5.74, 6) is 0.735. The second-order valence-electron chi connectivity index (χ2n) is 5.94. The first kappa shape index (κ1) is 16.9. The lowest BCUT2D eigenvalue weighted by Crippen LogP contribution is -2.28. The summed E-state index contributed by atoms with van der Waals surface area (Å²) >= 11 is 0. The van der Waals surface area contributed by atoms with E-state index in [9.17, 15) is 9.18 Å². The van der Waals surface area contributed by atoms with E-state index in [-0.39, 0.29) is 18.1 Å². The van der Waals surface area contributed by atoms with Crippen LogP contribution in [0.15, 0.2) is 59.0 Å². The smallest absolute Gasteiger partial charge is 0.228 e. The number of oxazole rings is 1. The summed E-state index contributed by atoms with van der Waals surface area (Å²) in [4.78, 5) is 18.5. The first-order chi connectivity index (χ1) is 12.0. The number of aryl methyl sites for hydroxylation is 1. The second-order valence-corrected chi connectivity index (χ2v) is 5.94. The molecule has 2 aromatic carbocycles. The highest BCUT2D eigenvalue weighted by atomic mass is 19.1. The molecule has 1 aromatic heterocycles. The molecule has 4 nitrogen and oxygen atoms in total. The zero-order valence-electron chi connectivity index (χ0n) is 14.2. The van der Waals surface area contributed by atoms with Crippen molar-refractivity contribution in [2.24, 2.45) is 0 Å². The van der Waals surface area contributed by atoms with Gasteiger partial charge in [0.25, 0.3) is 0 Å². The molecule has 0 spiro atoms. The van der Waals surface area contributed by atoms with Crippen LogP contribution in [0.5, 0.6) is 0 Å². The minimum Gasteiger partial charge on any atom is -0.441 e. The number of rotatable bonds is 5. The summed E-state index contributed by atoms with van der Waals surface area (Å²) in [5.41, 5.74) is 2.24. The van der Waals surface area contributed by atoms with Gasteiger partial charge >= 0.3 is 0 Å². The Bertz CT molecular complexity index is 874. The van der Waals surface area contributed by atoms with E-state index in [4.69, 9.17) is 4.42 Å². The van der Waals surface area contributed by atoms with Crippen LogP contribution in [0.1, 0.15) is 17.0 Å². The molecule has 0 atom stereocenters. The Kier molecular flexibility index (Phi) is 4.93. The van der Waals surface area contributed by atoms with E-state index in [0.717, 1.165) is 11.1 Å². The van der Waals surface area contributed by atoms with Crippen LogP contribution < -0.4 is 0 Å². The predicted molar refractivity (Wildman–Crippen MR) is 93.3 cm³/mol. The number of carbonyl (C=O) groups excluding carboxylic acids is 1. The van der Waals surface area contributed by atoms with Crippen molar-refractivity contribution in [1.29, 1.82) is 0 Å². The third-order valence-electron chi connectivity index (χ3n) is 3.97. The molecular weight excluding hydrogens is 319 g/mol. The lowest BCUT2D eigenvalue weighted by molar-refractivity contribution is -0.129. The van der Waals surface area contributed by atoms with Crippen LogP contribution in [0.3, 0.4) is 0 Å². The number of carbonyl (C=O) groups is 1. The summed E-state index contributed by atoms with van der Waals surface area (Å²) < 4.78 is 18.9. The average Bonchev–Trinajstić information content (AvgIpc) is 2.96. The van der Waals surface area contributed by atoms with Crippen molar-refractivity contribution in [1.82, 2.24) is 9.88 Å². The molecule has 0 radical (unpaired) electrons. The molecule has 0 aliphatic heterocycles. The lowest BCUT2D eigenvalue weighted by atomic mass is 10.2. The summed E-state index contributed by atoms with van der Waals surface area (Å²) in [7, 11) is 1.70. The van der Waals surface area contributed by atoms with Crippen LogP contribution in [0.2, 0.25) is 0 Å². The van der Waals surface area contributed by atoms with Crippen molar-refractivity contribution < 1.29 is 13.6 Å². The van der Waals surface area contributed by atoms with Crippen molar-refractivity contribution in [2.45, 2.75) is 19.9 Å². The van der Waals surface area contributed by atoms with Crippen molar-refractivity contribution >= 4 is 5.91 Å². The standard InChI is InChI=1S/C20H19FN2O2/c1-14-18(22-20(25-14)16-8-4-3-5-9-16)12-19(24)23(2)13-15-7-6-10-17(21)11-15/h3-11H,12-13H2,1-2H3. The Morgan fingerprint density at radius 1 is 1.16 bits per heavy atom. The van der Waals surface area contributed by atoms with Crippen LogP contribution in [0, 0.1) is 12.7 Å². The Balaban J connectivity index is 1.69. The van der Waals surface area contributed by atoms with Gasteiger partial charge < -0.3 is 9.32 Å². The van der Waals surface area contributed by atoms with Crippen molar-refractivity contribution in [3.05, 3.63) is 77.4 Å². The summed E-state index contributed by atoms with van der Waals surface area (Å²) in [5, 5.41) is 0. The van der Waals surface area contributed by atoms with Gasteiger partial charge in [-0.15, -0.1) is 0 Å². The molecule has 25 heavy (non-hydrogen) atoms. The van der Waals surface area contributed by atoms with E-state index < -0.39 is 0 Å². The first-order valence-corrected chi connectivity index (χ1v) is 8.03. The van der Waals surface area contributed by atoms with Gasteiger partial charge in [-0.05, 0) is 36.8 Å². The molecule has 1 heterocycles. The number of benzene rings is 2. The van der Waals surface area contributed by atoms with Gasteiger partial charge in [0.1, 0.15) is 11.6 Å². The predicted octanol–water partition coefficient (Wildman–Crippen LogP) is 3.99. The van der Waals surface area contributed by atoms with Gasteiger partial charge in [0.2, 0.25) is 11.8 Å². The fourth-order valence-corrected chi connectivity index (χ4v) is 2.57. The molecule has 3 aromatic rings. The largest absolute Gasteiger partial charge is 0.441 e. The monoisotopic (exact) mass is 338 g/mol. The summed E-state index contributed by atoms with van der Waals surface area (Å²) in [6.45, 7) is 2.15. The molecule has 0 saturated heterocycles. The normalized spacial score (nSPS) is 10.7. The minimum absolute atomic E-state index is 0.0970. The maximum absolute atomic E-state index is 13.3. The first-order valence-electron chi connectivity index (χ1n) is 8.03. The van der Waals surface area contributed by atoms with Gasteiger partial charge in [-0.2, -0.15) is 0 Å². The molecule has 0 fully saturated rings. The number of hydrogen-bond acceptors (Lipinski definition) is 3. The van der Waals surface area contributed by atoms with Crippen LogP contribution in [0.25, 0.3) is 11.5 Å². The van der Waals surface area contributed by atoms with E-state index in [1.807, 2.05) is 30.3 Å². The molecule has 0 aliphatic rings. The van der Waals surface area contributed by atoms with E-state index in [2.05, 4.69) is 4.98 Å². The van der Waals surface area contributed by atoms with E-state index in [1.54, 1.807) is 31.0 Å². The Morgan fingerprint density at radius 2 is 1.92 bits per heavy atom. The highest BCUT2D eigenvalue weighted by Crippen LogP contribution is 2.22. The van der Waals surface area contributed by atoms with E-state index >= 15 is 0 Å². The molecular formula is C20H19FN2O2.